The van der Waals surface area contributed by atoms with Gasteiger partial charge in [-0.05, 0) is 18.6 Å². The lowest BCUT2D eigenvalue weighted by Crippen LogP contribution is -2.35. The summed E-state index contributed by atoms with van der Waals surface area (Å²) >= 11 is 0. The standard InChI is InChI=1S/C16H14F3N5/c1-10-3-2-4-11-12(5-6-20-14(10)11)23-7-8-24-13(9-23)21-22-15(24)16(17,18)19/h2-6H,7-9H2,1H3. The number of aromatic nitrogens is 4. The molecule has 0 atom stereocenters. The first kappa shape index (κ1) is 14.9. The van der Waals surface area contributed by atoms with Crippen molar-refractivity contribution in [3.05, 3.63) is 47.7 Å². The Hall–Kier alpha value is -2.64. The number of halogens is 3. The second-order valence-electron chi connectivity index (χ2n) is 5.81. The van der Waals surface area contributed by atoms with Crippen LogP contribution in [-0.2, 0) is 19.3 Å². The monoisotopic (exact) mass is 333 g/mol. The van der Waals surface area contributed by atoms with Crippen molar-refractivity contribution in [3.63, 3.8) is 0 Å². The Balaban J connectivity index is 1.74. The molecule has 1 aliphatic heterocycles. The fraction of sp³-hybridized carbons (Fsp3) is 0.312. The van der Waals surface area contributed by atoms with E-state index in [4.69, 9.17) is 0 Å². The van der Waals surface area contributed by atoms with Crippen LogP contribution >= 0.6 is 0 Å². The Bertz CT molecular complexity index is 916. The highest BCUT2D eigenvalue weighted by molar-refractivity contribution is 5.93. The SMILES string of the molecule is Cc1cccc2c(N3CCn4c(nnc4C(F)(F)F)C3)ccnc12. The molecule has 1 aromatic carbocycles. The number of aryl methyl sites for hydroxylation is 1. The number of pyridine rings is 1. The van der Waals surface area contributed by atoms with Crippen LogP contribution in [0, 0.1) is 6.92 Å². The molecule has 1 aliphatic rings. The predicted molar refractivity (Wildman–Crippen MR) is 82.6 cm³/mol. The molecule has 0 spiro atoms. The summed E-state index contributed by atoms with van der Waals surface area (Å²) in [4.78, 5) is 6.43. The Kier molecular flexibility index (Phi) is 3.22. The van der Waals surface area contributed by atoms with E-state index >= 15 is 0 Å². The fourth-order valence-electron chi connectivity index (χ4n) is 3.16. The van der Waals surface area contributed by atoms with E-state index in [9.17, 15) is 13.2 Å². The van der Waals surface area contributed by atoms with Crippen molar-refractivity contribution < 1.29 is 13.2 Å². The number of benzene rings is 1. The van der Waals surface area contributed by atoms with Gasteiger partial charge in [-0.25, -0.2) is 0 Å². The van der Waals surface area contributed by atoms with Gasteiger partial charge in [0, 0.05) is 30.4 Å². The summed E-state index contributed by atoms with van der Waals surface area (Å²) in [6.45, 7) is 2.94. The maximum absolute atomic E-state index is 12.9. The molecule has 2 aromatic heterocycles. The first-order valence-corrected chi connectivity index (χ1v) is 7.54. The van der Waals surface area contributed by atoms with E-state index in [-0.39, 0.29) is 13.1 Å². The molecule has 0 unspecified atom stereocenters. The van der Waals surface area contributed by atoms with Crippen LogP contribution < -0.4 is 4.90 Å². The van der Waals surface area contributed by atoms with Gasteiger partial charge in [-0.15, -0.1) is 10.2 Å². The molecular weight excluding hydrogens is 319 g/mol. The summed E-state index contributed by atoms with van der Waals surface area (Å²) in [5.74, 6) is -0.598. The van der Waals surface area contributed by atoms with Gasteiger partial charge in [-0.3, -0.25) is 4.98 Å². The molecule has 4 rings (SSSR count). The number of hydrogen-bond donors (Lipinski definition) is 0. The van der Waals surface area contributed by atoms with Crippen molar-refractivity contribution in [3.8, 4) is 0 Å². The number of fused-ring (bicyclic) bond motifs is 2. The van der Waals surface area contributed by atoms with Gasteiger partial charge < -0.3 is 9.47 Å². The minimum absolute atomic E-state index is 0.201. The molecule has 0 fully saturated rings. The number of rotatable bonds is 1. The van der Waals surface area contributed by atoms with Crippen LogP contribution in [0.4, 0.5) is 18.9 Å². The summed E-state index contributed by atoms with van der Waals surface area (Å²) in [5.41, 5.74) is 2.92. The summed E-state index contributed by atoms with van der Waals surface area (Å²) < 4.78 is 40.0. The van der Waals surface area contributed by atoms with Crippen LogP contribution in [0.25, 0.3) is 10.9 Å². The highest BCUT2D eigenvalue weighted by atomic mass is 19.4. The summed E-state index contributed by atoms with van der Waals surface area (Å²) in [6.07, 6.45) is -2.75. The van der Waals surface area contributed by atoms with Crippen molar-refractivity contribution >= 4 is 16.6 Å². The van der Waals surface area contributed by atoms with Crippen molar-refractivity contribution in [2.24, 2.45) is 0 Å². The first-order chi connectivity index (χ1) is 11.4. The van der Waals surface area contributed by atoms with Crippen LogP contribution in [-0.4, -0.2) is 26.3 Å². The van der Waals surface area contributed by atoms with Gasteiger partial charge in [-0.2, -0.15) is 13.2 Å². The lowest BCUT2D eigenvalue weighted by Gasteiger charge is -2.30. The second-order valence-corrected chi connectivity index (χ2v) is 5.81. The van der Waals surface area contributed by atoms with Gasteiger partial charge in [-0.1, -0.05) is 18.2 Å². The summed E-state index contributed by atoms with van der Waals surface area (Å²) in [7, 11) is 0. The van der Waals surface area contributed by atoms with E-state index < -0.39 is 12.0 Å². The van der Waals surface area contributed by atoms with Crippen LogP contribution in [0.5, 0.6) is 0 Å². The lowest BCUT2D eigenvalue weighted by atomic mass is 10.1. The van der Waals surface area contributed by atoms with Gasteiger partial charge in [0.2, 0.25) is 5.82 Å². The average molecular weight is 333 g/mol. The van der Waals surface area contributed by atoms with Gasteiger partial charge in [0.25, 0.3) is 0 Å². The van der Waals surface area contributed by atoms with Crippen molar-refractivity contribution in [2.75, 3.05) is 11.4 Å². The first-order valence-electron chi connectivity index (χ1n) is 7.54. The molecule has 124 valence electrons. The Morgan fingerprint density at radius 2 is 1.92 bits per heavy atom. The van der Waals surface area contributed by atoms with Crippen molar-refractivity contribution in [2.45, 2.75) is 26.2 Å². The van der Waals surface area contributed by atoms with E-state index in [1.54, 1.807) is 6.20 Å². The average Bonchev–Trinajstić information content (AvgIpc) is 2.98. The third-order valence-corrected chi connectivity index (χ3v) is 4.30. The quantitative estimate of drug-likeness (QED) is 0.686. The van der Waals surface area contributed by atoms with Gasteiger partial charge in [0.15, 0.2) is 5.82 Å². The van der Waals surface area contributed by atoms with Crippen molar-refractivity contribution in [1.82, 2.24) is 19.7 Å². The largest absolute Gasteiger partial charge is 0.451 e. The molecule has 0 radical (unpaired) electrons. The molecule has 0 saturated carbocycles. The summed E-state index contributed by atoms with van der Waals surface area (Å²) in [5, 5.41) is 8.04. The van der Waals surface area contributed by atoms with Crippen LogP contribution in [0.1, 0.15) is 17.2 Å². The zero-order valence-electron chi connectivity index (χ0n) is 12.9. The molecule has 3 aromatic rings. The molecule has 0 amide bonds. The molecular formula is C16H14F3N5. The van der Waals surface area contributed by atoms with E-state index in [1.807, 2.05) is 36.1 Å². The highest BCUT2D eigenvalue weighted by Gasteiger charge is 2.39. The molecule has 0 saturated heterocycles. The topological polar surface area (TPSA) is 46.8 Å². The number of nitrogens with zero attached hydrogens (tertiary/aromatic N) is 5. The van der Waals surface area contributed by atoms with E-state index in [0.29, 0.717) is 12.4 Å². The normalized spacial score (nSPS) is 14.9. The third kappa shape index (κ3) is 2.29. The maximum atomic E-state index is 12.9. The van der Waals surface area contributed by atoms with Gasteiger partial charge in [0.05, 0.1) is 12.1 Å². The molecule has 0 bridgehead atoms. The zero-order valence-corrected chi connectivity index (χ0v) is 12.9. The van der Waals surface area contributed by atoms with Crippen LogP contribution in [0.3, 0.4) is 0 Å². The number of para-hydroxylation sites is 1. The number of anilines is 1. The molecule has 0 aliphatic carbocycles. The molecule has 24 heavy (non-hydrogen) atoms. The minimum Gasteiger partial charge on any atom is -0.362 e. The third-order valence-electron chi connectivity index (χ3n) is 4.30. The van der Waals surface area contributed by atoms with Gasteiger partial charge in [0.1, 0.15) is 0 Å². The van der Waals surface area contributed by atoms with Crippen molar-refractivity contribution in [1.29, 1.82) is 0 Å². The summed E-state index contributed by atoms with van der Waals surface area (Å²) in [6, 6.07) is 7.81. The zero-order chi connectivity index (χ0) is 16.9. The lowest BCUT2D eigenvalue weighted by molar-refractivity contribution is -0.147. The van der Waals surface area contributed by atoms with E-state index in [1.165, 1.54) is 0 Å². The van der Waals surface area contributed by atoms with Crippen LogP contribution in [0.15, 0.2) is 30.5 Å². The predicted octanol–water partition coefficient (Wildman–Crippen LogP) is 3.17. The second kappa shape index (κ2) is 5.19. The molecule has 0 N–H and O–H groups in total. The number of hydrogen-bond acceptors (Lipinski definition) is 4. The highest BCUT2D eigenvalue weighted by Crippen LogP contribution is 2.32. The Labute approximate surface area is 135 Å². The van der Waals surface area contributed by atoms with Crippen LogP contribution in [0.2, 0.25) is 0 Å². The maximum Gasteiger partial charge on any atom is 0.451 e. The minimum atomic E-state index is -4.48. The molecule has 3 heterocycles. The smallest absolute Gasteiger partial charge is 0.362 e. The van der Waals surface area contributed by atoms with E-state index in [0.717, 1.165) is 26.7 Å². The van der Waals surface area contributed by atoms with E-state index in [2.05, 4.69) is 15.2 Å². The Morgan fingerprint density at radius 3 is 2.71 bits per heavy atom. The fourth-order valence-corrected chi connectivity index (χ4v) is 3.16. The van der Waals surface area contributed by atoms with Gasteiger partial charge >= 0.3 is 6.18 Å². The molecule has 5 nitrogen and oxygen atoms in total. The molecule has 8 heteroatoms. The number of alkyl halides is 3. The Morgan fingerprint density at radius 1 is 1.08 bits per heavy atom.